The predicted octanol–water partition coefficient (Wildman–Crippen LogP) is 1.22. The zero-order chi connectivity index (χ0) is 14.0. The van der Waals surface area contributed by atoms with Gasteiger partial charge in [-0.2, -0.15) is 0 Å². The molecule has 3 N–H and O–H groups in total. The van der Waals surface area contributed by atoms with E-state index in [2.05, 4.69) is 43.2 Å². The molecule has 1 heterocycles. The third-order valence-electron chi connectivity index (χ3n) is 4.05. The van der Waals surface area contributed by atoms with Gasteiger partial charge in [0.05, 0.1) is 7.11 Å². The first-order valence-corrected chi connectivity index (χ1v) is 6.86. The van der Waals surface area contributed by atoms with Crippen molar-refractivity contribution in [2.75, 3.05) is 33.8 Å². The van der Waals surface area contributed by atoms with Gasteiger partial charge in [-0.3, -0.25) is 4.90 Å². The first kappa shape index (κ1) is 14.3. The molecule has 0 amide bonds. The summed E-state index contributed by atoms with van der Waals surface area (Å²) in [7, 11) is 3.86. The van der Waals surface area contributed by atoms with Gasteiger partial charge >= 0.3 is 0 Å². The maximum atomic E-state index is 6.47. The van der Waals surface area contributed by atoms with Crippen molar-refractivity contribution in [3.8, 4) is 5.75 Å². The quantitative estimate of drug-likeness (QED) is 0.861. The van der Waals surface area contributed by atoms with Crippen LogP contribution in [0.5, 0.6) is 5.75 Å². The van der Waals surface area contributed by atoms with E-state index in [9.17, 15) is 0 Å². The highest BCUT2D eigenvalue weighted by molar-refractivity contribution is 5.44. The normalized spacial score (nSPS) is 22.3. The third-order valence-corrected chi connectivity index (χ3v) is 4.05. The van der Waals surface area contributed by atoms with E-state index in [1.807, 2.05) is 0 Å². The van der Waals surface area contributed by atoms with Gasteiger partial charge in [0.1, 0.15) is 5.75 Å². The highest BCUT2D eigenvalue weighted by Gasteiger charge is 2.26. The van der Waals surface area contributed by atoms with Crippen LogP contribution in [0.15, 0.2) is 12.1 Å². The fourth-order valence-corrected chi connectivity index (χ4v) is 2.95. The van der Waals surface area contributed by atoms with Gasteiger partial charge in [-0.25, -0.2) is 0 Å². The van der Waals surface area contributed by atoms with Crippen LogP contribution in [0.1, 0.15) is 22.7 Å². The van der Waals surface area contributed by atoms with Crippen molar-refractivity contribution in [1.82, 2.24) is 10.2 Å². The molecule has 2 rings (SSSR count). The zero-order valence-corrected chi connectivity index (χ0v) is 12.4. The maximum Gasteiger partial charge on any atom is 0.124 e. The molecule has 0 saturated carbocycles. The molecule has 1 saturated heterocycles. The number of hydrogen-bond donors (Lipinski definition) is 2. The van der Waals surface area contributed by atoms with Crippen LogP contribution in [0.4, 0.5) is 0 Å². The van der Waals surface area contributed by atoms with Crippen LogP contribution >= 0.6 is 0 Å². The van der Waals surface area contributed by atoms with E-state index >= 15 is 0 Å². The minimum atomic E-state index is 0.0288. The summed E-state index contributed by atoms with van der Waals surface area (Å²) in [6.07, 6.45) is 0. The van der Waals surface area contributed by atoms with Gasteiger partial charge in [0.25, 0.3) is 0 Å². The van der Waals surface area contributed by atoms with Crippen LogP contribution in [-0.2, 0) is 0 Å². The van der Waals surface area contributed by atoms with Crippen LogP contribution < -0.4 is 15.8 Å². The van der Waals surface area contributed by atoms with Crippen molar-refractivity contribution in [3.05, 3.63) is 28.8 Å². The number of methoxy groups -OCH3 is 1. The lowest BCUT2D eigenvalue weighted by atomic mass is 9.94. The van der Waals surface area contributed by atoms with E-state index in [0.29, 0.717) is 6.04 Å². The Balaban J connectivity index is 2.26. The molecule has 106 valence electrons. The molecule has 1 aromatic carbocycles. The van der Waals surface area contributed by atoms with Gasteiger partial charge in [-0.15, -0.1) is 0 Å². The van der Waals surface area contributed by atoms with E-state index in [4.69, 9.17) is 10.5 Å². The van der Waals surface area contributed by atoms with Crippen molar-refractivity contribution in [2.24, 2.45) is 5.73 Å². The van der Waals surface area contributed by atoms with E-state index in [1.54, 1.807) is 7.11 Å². The summed E-state index contributed by atoms with van der Waals surface area (Å²) >= 11 is 0. The van der Waals surface area contributed by atoms with E-state index in [-0.39, 0.29) is 6.04 Å². The number of ether oxygens (including phenoxy) is 1. The van der Waals surface area contributed by atoms with Gasteiger partial charge in [0.2, 0.25) is 0 Å². The molecule has 0 spiro atoms. The number of hydrogen-bond acceptors (Lipinski definition) is 4. The van der Waals surface area contributed by atoms with Crippen LogP contribution in [0.3, 0.4) is 0 Å². The Morgan fingerprint density at radius 1 is 1.37 bits per heavy atom. The molecule has 1 aromatic rings. The Bertz CT molecular complexity index is 424. The largest absolute Gasteiger partial charge is 0.496 e. The van der Waals surface area contributed by atoms with Crippen molar-refractivity contribution < 1.29 is 4.74 Å². The lowest BCUT2D eigenvalue weighted by Crippen LogP contribution is -2.53. The lowest BCUT2D eigenvalue weighted by Gasteiger charge is -2.37. The Labute approximate surface area is 115 Å². The minimum absolute atomic E-state index is 0.0288. The maximum absolute atomic E-state index is 6.47. The summed E-state index contributed by atoms with van der Waals surface area (Å²) < 4.78 is 5.41. The fourth-order valence-electron chi connectivity index (χ4n) is 2.95. The molecular weight excluding hydrogens is 238 g/mol. The Hall–Kier alpha value is -1.10. The van der Waals surface area contributed by atoms with E-state index < -0.39 is 0 Å². The lowest BCUT2D eigenvalue weighted by molar-refractivity contribution is 0.174. The zero-order valence-electron chi connectivity index (χ0n) is 12.4. The van der Waals surface area contributed by atoms with Crippen molar-refractivity contribution in [2.45, 2.75) is 25.9 Å². The first-order chi connectivity index (χ1) is 9.04. The molecule has 2 unspecified atom stereocenters. The summed E-state index contributed by atoms with van der Waals surface area (Å²) in [6.45, 7) is 7.18. The number of piperazine rings is 1. The first-order valence-electron chi connectivity index (χ1n) is 6.86. The molecule has 1 fully saturated rings. The average Bonchev–Trinajstić information content (AvgIpc) is 2.38. The number of rotatable bonds is 3. The molecule has 2 atom stereocenters. The van der Waals surface area contributed by atoms with Crippen molar-refractivity contribution in [3.63, 3.8) is 0 Å². The van der Waals surface area contributed by atoms with Crippen LogP contribution in [0.2, 0.25) is 0 Å². The third kappa shape index (κ3) is 2.91. The SMILES string of the molecule is COc1c(C)cc(C(N)C2CNCCN2C)cc1C. The smallest absolute Gasteiger partial charge is 0.124 e. The van der Waals surface area contributed by atoms with Gasteiger partial charge < -0.3 is 15.8 Å². The highest BCUT2D eigenvalue weighted by Crippen LogP contribution is 2.28. The number of nitrogens with two attached hydrogens (primary N) is 1. The molecule has 19 heavy (non-hydrogen) atoms. The molecule has 0 bridgehead atoms. The van der Waals surface area contributed by atoms with Gasteiger partial charge in [0.15, 0.2) is 0 Å². The Morgan fingerprint density at radius 2 is 2.00 bits per heavy atom. The van der Waals surface area contributed by atoms with E-state index in [0.717, 1.165) is 36.5 Å². The topological polar surface area (TPSA) is 50.5 Å². The summed E-state index contributed by atoms with van der Waals surface area (Å²) in [5.74, 6) is 0.964. The number of nitrogens with one attached hydrogen (secondary N) is 1. The second-order valence-electron chi connectivity index (χ2n) is 5.47. The molecule has 0 radical (unpaired) electrons. The molecule has 4 heteroatoms. The van der Waals surface area contributed by atoms with Gasteiger partial charge in [-0.05, 0) is 37.6 Å². The second kappa shape index (κ2) is 5.90. The molecule has 4 nitrogen and oxygen atoms in total. The van der Waals surface area contributed by atoms with Crippen LogP contribution in [0.25, 0.3) is 0 Å². The van der Waals surface area contributed by atoms with E-state index in [1.165, 1.54) is 5.56 Å². The Morgan fingerprint density at radius 3 is 2.53 bits per heavy atom. The van der Waals surface area contributed by atoms with Crippen molar-refractivity contribution >= 4 is 0 Å². The molecule has 1 aliphatic heterocycles. The average molecular weight is 263 g/mol. The van der Waals surface area contributed by atoms with Gasteiger partial charge in [0, 0.05) is 31.7 Å². The fraction of sp³-hybridized carbons (Fsp3) is 0.600. The monoisotopic (exact) mass is 263 g/mol. The number of aryl methyl sites for hydroxylation is 2. The number of benzene rings is 1. The molecule has 0 aliphatic carbocycles. The number of likely N-dealkylation sites (N-methyl/N-ethyl adjacent to an activating group) is 1. The van der Waals surface area contributed by atoms with Crippen LogP contribution in [-0.4, -0.2) is 44.7 Å². The minimum Gasteiger partial charge on any atom is -0.496 e. The second-order valence-corrected chi connectivity index (χ2v) is 5.47. The summed E-state index contributed by atoms with van der Waals surface area (Å²) in [4.78, 5) is 2.34. The summed E-state index contributed by atoms with van der Waals surface area (Å²) in [5, 5.41) is 3.42. The van der Waals surface area contributed by atoms with Crippen molar-refractivity contribution in [1.29, 1.82) is 0 Å². The molecule has 1 aliphatic rings. The molecular formula is C15H25N3O. The Kier molecular flexibility index (Phi) is 4.45. The highest BCUT2D eigenvalue weighted by atomic mass is 16.5. The number of nitrogens with zero attached hydrogens (tertiary/aromatic N) is 1. The summed E-state index contributed by atoms with van der Waals surface area (Å²) in [6, 6.07) is 4.68. The summed E-state index contributed by atoms with van der Waals surface area (Å²) in [5.41, 5.74) is 9.96. The van der Waals surface area contributed by atoms with Crippen LogP contribution in [0, 0.1) is 13.8 Å². The predicted molar refractivity (Wildman–Crippen MR) is 78.7 cm³/mol. The van der Waals surface area contributed by atoms with Gasteiger partial charge in [-0.1, -0.05) is 12.1 Å². The molecule has 0 aromatic heterocycles. The standard InChI is InChI=1S/C15H25N3O/c1-10-7-12(8-11(2)15(10)19-4)14(16)13-9-17-5-6-18(13)3/h7-8,13-14,17H,5-6,9,16H2,1-4H3.